The molecule has 0 amide bonds. The summed E-state index contributed by atoms with van der Waals surface area (Å²) in [5, 5.41) is 0. The van der Waals surface area contributed by atoms with Crippen molar-refractivity contribution in [1.82, 2.24) is 24.1 Å². The van der Waals surface area contributed by atoms with Crippen molar-refractivity contribution in [2.45, 2.75) is 39.8 Å². The van der Waals surface area contributed by atoms with Gasteiger partial charge in [0.15, 0.2) is 5.65 Å². The zero-order valence-electron chi connectivity index (χ0n) is 15.6. The van der Waals surface area contributed by atoms with Crippen LogP contribution in [0.1, 0.15) is 26.7 Å². The lowest BCUT2D eigenvalue weighted by Crippen LogP contribution is -2.40. The molecular weight excluding hydrogens is 332 g/mol. The molecule has 8 nitrogen and oxygen atoms in total. The Kier molecular flexibility index (Phi) is 4.92. The maximum Gasteiger partial charge on any atom is 0.332 e. The third-order valence-electron chi connectivity index (χ3n) is 4.24. The van der Waals surface area contributed by atoms with Gasteiger partial charge in [0.25, 0.3) is 5.56 Å². The average molecular weight is 356 g/mol. The summed E-state index contributed by atoms with van der Waals surface area (Å²) < 4.78 is 2.86. The van der Waals surface area contributed by atoms with Crippen LogP contribution in [0, 0.1) is 0 Å². The van der Waals surface area contributed by atoms with Crippen LogP contribution in [0.5, 0.6) is 0 Å². The van der Waals surface area contributed by atoms with Gasteiger partial charge in [0.2, 0.25) is 0 Å². The van der Waals surface area contributed by atoms with Gasteiger partial charge in [-0.05, 0) is 25.0 Å². The van der Waals surface area contributed by atoms with E-state index in [-0.39, 0.29) is 11.2 Å². The number of aromatic nitrogens is 5. The highest BCUT2D eigenvalue weighted by Gasteiger charge is 2.17. The summed E-state index contributed by atoms with van der Waals surface area (Å²) in [6.45, 7) is 4.84. The number of anilines is 1. The van der Waals surface area contributed by atoms with Crippen molar-refractivity contribution in [3.05, 3.63) is 39.2 Å². The van der Waals surface area contributed by atoms with Gasteiger partial charge in [-0.1, -0.05) is 13.8 Å². The minimum atomic E-state index is -0.323. The first-order valence-corrected chi connectivity index (χ1v) is 8.85. The Morgan fingerprint density at radius 2 is 1.77 bits per heavy atom. The van der Waals surface area contributed by atoms with Crippen molar-refractivity contribution in [2.24, 2.45) is 0 Å². The van der Waals surface area contributed by atoms with Crippen molar-refractivity contribution in [3.63, 3.8) is 0 Å². The summed E-state index contributed by atoms with van der Waals surface area (Å²) in [5.41, 5.74) is 0.906. The molecule has 0 saturated heterocycles. The van der Waals surface area contributed by atoms with Crippen LogP contribution in [-0.2, 0) is 13.1 Å². The summed E-state index contributed by atoms with van der Waals surface area (Å²) in [5.74, 6) is 1.37. The molecule has 8 heteroatoms. The monoisotopic (exact) mass is 356 g/mol. The van der Waals surface area contributed by atoms with E-state index in [0.717, 1.165) is 17.8 Å². The van der Waals surface area contributed by atoms with Crippen LogP contribution in [-0.4, -0.2) is 38.2 Å². The van der Waals surface area contributed by atoms with E-state index in [1.807, 2.05) is 45.0 Å². The lowest BCUT2D eigenvalue weighted by atomic mass is 10.2. The molecule has 0 radical (unpaired) electrons. The molecule has 0 aliphatic heterocycles. The standard InChI is InChI=1S/C18H24N6O2/c1-5-9-23-16-14(17(25)24(10-6-2)18(23)26)20-15(21-16)12-7-8-13(19-11-12)22(3)4/h7-8,11H,5-6,9-10H2,1-4H3,(H,20,21). The largest absolute Gasteiger partial charge is 0.363 e. The Morgan fingerprint density at radius 1 is 1.08 bits per heavy atom. The smallest absolute Gasteiger partial charge is 0.332 e. The lowest BCUT2D eigenvalue weighted by Gasteiger charge is -2.10. The predicted molar refractivity (Wildman–Crippen MR) is 103 cm³/mol. The molecule has 26 heavy (non-hydrogen) atoms. The highest BCUT2D eigenvalue weighted by atomic mass is 16.2. The molecule has 0 fully saturated rings. The molecule has 0 aromatic carbocycles. The number of H-pyrrole nitrogens is 1. The molecule has 0 unspecified atom stereocenters. The molecule has 0 bridgehead atoms. The van der Waals surface area contributed by atoms with E-state index in [0.29, 0.717) is 36.5 Å². The Hall–Kier alpha value is -2.90. The van der Waals surface area contributed by atoms with Gasteiger partial charge in [-0.3, -0.25) is 13.9 Å². The van der Waals surface area contributed by atoms with Gasteiger partial charge in [-0.15, -0.1) is 0 Å². The van der Waals surface area contributed by atoms with Crippen LogP contribution in [0.4, 0.5) is 5.82 Å². The topological polar surface area (TPSA) is 88.8 Å². The predicted octanol–water partition coefficient (Wildman–Crippen LogP) is 1.83. The maximum absolute atomic E-state index is 12.7. The van der Waals surface area contributed by atoms with E-state index >= 15 is 0 Å². The van der Waals surface area contributed by atoms with E-state index in [2.05, 4.69) is 15.0 Å². The fourth-order valence-electron chi connectivity index (χ4n) is 2.94. The Morgan fingerprint density at radius 3 is 2.35 bits per heavy atom. The van der Waals surface area contributed by atoms with Gasteiger partial charge < -0.3 is 9.88 Å². The van der Waals surface area contributed by atoms with Gasteiger partial charge >= 0.3 is 5.69 Å². The minimum absolute atomic E-state index is 0.301. The molecule has 3 rings (SSSR count). The summed E-state index contributed by atoms with van der Waals surface area (Å²) in [6, 6.07) is 3.78. The molecular formula is C18H24N6O2. The van der Waals surface area contributed by atoms with Gasteiger partial charge in [0.1, 0.15) is 17.2 Å². The molecule has 138 valence electrons. The molecule has 1 N–H and O–H groups in total. The van der Waals surface area contributed by atoms with Gasteiger partial charge in [-0.2, -0.15) is 0 Å². The summed E-state index contributed by atoms with van der Waals surface area (Å²) in [6.07, 6.45) is 3.20. The quantitative estimate of drug-likeness (QED) is 0.728. The SMILES string of the molecule is CCCn1c(=O)c2[nH]c(-c3ccc(N(C)C)nc3)nc2n(CCC)c1=O. The average Bonchev–Trinajstić information content (AvgIpc) is 3.08. The fraction of sp³-hybridized carbons (Fsp3) is 0.444. The second-order valence-corrected chi connectivity index (χ2v) is 6.47. The highest BCUT2D eigenvalue weighted by molar-refractivity contribution is 5.75. The van der Waals surface area contributed by atoms with E-state index in [1.165, 1.54) is 4.57 Å². The number of nitrogens with one attached hydrogen (secondary N) is 1. The first kappa shape index (κ1) is 17.9. The number of nitrogens with zero attached hydrogens (tertiary/aromatic N) is 5. The normalized spacial score (nSPS) is 11.2. The minimum Gasteiger partial charge on any atom is -0.363 e. The number of pyridine rings is 1. The second-order valence-electron chi connectivity index (χ2n) is 6.47. The Bertz CT molecular complexity index is 1030. The van der Waals surface area contributed by atoms with E-state index in [9.17, 15) is 9.59 Å². The van der Waals surface area contributed by atoms with Crippen molar-refractivity contribution in [3.8, 4) is 11.4 Å². The molecule has 3 aromatic rings. The van der Waals surface area contributed by atoms with Crippen LogP contribution in [0.15, 0.2) is 27.9 Å². The number of aryl methyl sites for hydroxylation is 1. The van der Waals surface area contributed by atoms with Gasteiger partial charge in [0.05, 0.1) is 0 Å². The molecule has 0 aliphatic carbocycles. The summed E-state index contributed by atoms with van der Waals surface area (Å²) in [7, 11) is 3.84. The Labute approximate surface area is 151 Å². The van der Waals surface area contributed by atoms with Gasteiger partial charge in [0, 0.05) is 38.9 Å². The van der Waals surface area contributed by atoms with Crippen LogP contribution < -0.4 is 16.1 Å². The number of hydrogen-bond acceptors (Lipinski definition) is 5. The maximum atomic E-state index is 12.7. The molecule has 3 heterocycles. The summed E-state index contributed by atoms with van der Waals surface area (Å²) >= 11 is 0. The lowest BCUT2D eigenvalue weighted by molar-refractivity contribution is 0.555. The third-order valence-corrected chi connectivity index (χ3v) is 4.24. The molecule has 0 aliphatic rings. The number of imidazole rings is 1. The fourth-order valence-corrected chi connectivity index (χ4v) is 2.94. The van der Waals surface area contributed by atoms with Crippen LogP contribution in [0.2, 0.25) is 0 Å². The number of rotatable bonds is 6. The number of fused-ring (bicyclic) bond motifs is 1. The first-order chi connectivity index (χ1) is 12.5. The van der Waals surface area contributed by atoms with Crippen molar-refractivity contribution < 1.29 is 0 Å². The molecule has 0 atom stereocenters. The molecule has 0 saturated carbocycles. The van der Waals surface area contributed by atoms with E-state index in [4.69, 9.17) is 0 Å². The van der Waals surface area contributed by atoms with Gasteiger partial charge in [-0.25, -0.2) is 14.8 Å². The third kappa shape index (κ3) is 3.02. The van der Waals surface area contributed by atoms with E-state index in [1.54, 1.807) is 10.8 Å². The van der Waals surface area contributed by atoms with Crippen molar-refractivity contribution >= 4 is 17.0 Å². The number of hydrogen-bond donors (Lipinski definition) is 1. The molecule has 3 aromatic heterocycles. The zero-order chi connectivity index (χ0) is 18.8. The number of aromatic amines is 1. The van der Waals surface area contributed by atoms with Crippen molar-refractivity contribution in [1.29, 1.82) is 0 Å². The van der Waals surface area contributed by atoms with E-state index < -0.39 is 0 Å². The highest BCUT2D eigenvalue weighted by Crippen LogP contribution is 2.19. The van der Waals surface area contributed by atoms with Crippen LogP contribution in [0.3, 0.4) is 0 Å². The van der Waals surface area contributed by atoms with Crippen LogP contribution in [0.25, 0.3) is 22.6 Å². The molecule has 0 spiro atoms. The second kappa shape index (κ2) is 7.15. The first-order valence-electron chi connectivity index (χ1n) is 8.85. The summed E-state index contributed by atoms with van der Waals surface area (Å²) in [4.78, 5) is 39.4. The van der Waals surface area contributed by atoms with Crippen molar-refractivity contribution in [2.75, 3.05) is 19.0 Å². The van der Waals surface area contributed by atoms with Crippen LogP contribution >= 0.6 is 0 Å². The zero-order valence-corrected chi connectivity index (χ0v) is 15.6. The Balaban J connectivity index is 2.21.